The number of nitrogen functional groups attached to an aromatic ring is 1. The molecule has 0 aliphatic carbocycles. The number of hydrogen-bond acceptors (Lipinski definition) is 3. The van der Waals surface area contributed by atoms with Crippen LogP contribution < -0.4 is 5.73 Å². The molecule has 19 heavy (non-hydrogen) atoms. The van der Waals surface area contributed by atoms with E-state index in [1.165, 1.54) is 4.31 Å². The summed E-state index contributed by atoms with van der Waals surface area (Å²) < 4.78 is 28.0. The Morgan fingerprint density at radius 1 is 1.21 bits per heavy atom. The molecule has 1 fully saturated rings. The molecule has 0 aromatic heterocycles. The van der Waals surface area contributed by atoms with Crippen LogP contribution in [0.4, 0.5) is 5.69 Å². The Morgan fingerprint density at radius 2 is 1.79 bits per heavy atom. The number of anilines is 1. The van der Waals surface area contributed by atoms with Gasteiger partial charge >= 0.3 is 0 Å². The lowest BCUT2D eigenvalue weighted by Gasteiger charge is -2.26. The highest BCUT2D eigenvalue weighted by Gasteiger charge is 2.30. The van der Waals surface area contributed by atoms with Gasteiger partial charge in [0.2, 0.25) is 0 Å². The maximum atomic E-state index is 12.5. The number of rotatable bonds is 5. The van der Waals surface area contributed by atoms with Crippen molar-refractivity contribution in [3.8, 4) is 0 Å². The van der Waals surface area contributed by atoms with Crippen molar-refractivity contribution < 1.29 is 8.42 Å². The van der Waals surface area contributed by atoms with Crippen LogP contribution in [-0.4, -0.2) is 36.7 Å². The highest BCUT2D eigenvalue weighted by atomic mass is 32.2. The maximum absolute atomic E-state index is 12.5. The smallest absolute Gasteiger partial charge is 0.282 e. The molecule has 1 aromatic rings. The summed E-state index contributed by atoms with van der Waals surface area (Å²) in [7, 11) is -3.32. The molecule has 0 radical (unpaired) electrons. The first kappa shape index (κ1) is 14.3. The van der Waals surface area contributed by atoms with Gasteiger partial charge in [-0.05, 0) is 30.5 Å². The molecule has 0 bridgehead atoms. The van der Waals surface area contributed by atoms with Crippen molar-refractivity contribution in [1.29, 1.82) is 0 Å². The molecule has 1 heterocycles. The van der Waals surface area contributed by atoms with Crippen molar-refractivity contribution in [1.82, 2.24) is 8.61 Å². The van der Waals surface area contributed by atoms with Crippen molar-refractivity contribution in [2.75, 3.05) is 25.4 Å². The Hall–Kier alpha value is -1.11. The average Bonchev–Trinajstić information content (AvgIpc) is 2.92. The fourth-order valence-corrected chi connectivity index (χ4v) is 3.95. The van der Waals surface area contributed by atoms with Gasteiger partial charge in [-0.1, -0.05) is 19.1 Å². The third kappa shape index (κ3) is 3.26. The van der Waals surface area contributed by atoms with Crippen LogP contribution in [0, 0.1) is 0 Å². The molecule has 0 atom stereocenters. The molecule has 106 valence electrons. The Kier molecular flexibility index (Phi) is 4.44. The fourth-order valence-electron chi connectivity index (χ4n) is 2.27. The highest BCUT2D eigenvalue weighted by molar-refractivity contribution is 7.86. The summed E-state index contributed by atoms with van der Waals surface area (Å²) in [6.07, 6.45) is 1.91. The van der Waals surface area contributed by atoms with Crippen LogP contribution in [0.3, 0.4) is 0 Å². The van der Waals surface area contributed by atoms with Crippen LogP contribution in [-0.2, 0) is 16.8 Å². The van der Waals surface area contributed by atoms with Crippen LogP contribution in [0.15, 0.2) is 24.3 Å². The summed E-state index contributed by atoms with van der Waals surface area (Å²) in [6.45, 7) is 4.02. The molecule has 0 amide bonds. The Morgan fingerprint density at radius 3 is 2.32 bits per heavy atom. The highest BCUT2D eigenvalue weighted by Crippen LogP contribution is 2.19. The van der Waals surface area contributed by atoms with Gasteiger partial charge in [-0.3, -0.25) is 0 Å². The zero-order valence-electron chi connectivity index (χ0n) is 11.2. The Bertz CT molecular complexity index is 507. The van der Waals surface area contributed by atoms with Crippen LogP contribution in [0.1, 0.15) is 25.3 Å². The van der Waals surface area contributed by atoms with E-state index in [-0.39, 0.29) is 0 Å². The largest absolute Gasteiger partial charge is 0.399 e. The van der Waals surface area contributed by atoms with Crippen molar-refractivity contribution in [2.45, 2.75) is 26.3 Å². The van der Waals surface area contributed by atoms with E-state index in [9.17, 15) is 8.42 Å². The Balaban J connectivity index is 2.13. The number of hydrogen-bond donors (Lipinski definition) is 1. The minimum Gasteiger partial charge on any atom is -0.399 e. The first-order valence-corrected chi connectivity index (χ1v) is 8.03. The second-order valence-corrected chi connectivity index (χ2v) is 6.71. The van der Waals surface area contributed by atoms with Gasteiger partial charge < -0.3 is 5.73 Å². The van der Waals surface area contributed by atoms with Gasteiger partial charge in [-0.15, -0.1) is 0 Å². The predicted molar refractivity (Wildman–Crippen MR) is 76.7 cm³/mol. The third-order valence-corrected chi connectivity index (χ3v) is 5.47. The topological polar surface area (TPSA) is 66.6 Å². The zero-order valence-corrected chi connectivity index (χ0v) is 12.1. The SMILES string of the molecule is CCN(Cc1ccc(N)cc1)S(=O)(=O)N1CCCC1. The molecule has 0 saturated carbocycles. The molecular weight excluding hydrogens is 262 g/mol. The minimum atomic E-state index is -3.32. The lowest BCUT2D eigenvalue weighted by Crippen LogP contribution is -2.41. The number of nitrogens with zero attached hydrogens (tertiary/aromatic N) is 2. The van der Waals surface area contributed by atoms with Gasteiger partial charge in [0, 0.05) is 31.9 Å². The van der Waals surface area contributed by atoms with Crippen molar-refractivity contribution in [3.05, 3.63) is 29.8 Å². The van der Waals surface area contributed by atoms with Gasteiger partial charge in [0.25, 0.3) is 10.2 Å². The molecule has 1 saturated heterocycles. The molecule has 1 aromatic carbocycles. The van der Waals surface area contributed by atoms with E-state index >= 15 is 0 Å². The first-order chi connectivity index (χ1) is 9.04. The van der Waals surface area contributed by atoms with E-state index in [4.69, 9.17) is 5.73 Å². The van der Waals surface area contributed by atoms with Gasteiger partial charge in [0.05, 0.1) is 0 Å². The molecule has 1 aliphatic rings. The van der Waals surface area contributed by atoms with E-state index in [1.54, 1.807) is 16.4 Å². The van der Waals surface area contributed by atoms with Crippen molar-refractivity contribution in [2.24, 2.45) is 0 Å². The first-order valence-electron chi connectivity index (χ1n) is 6.63. The molecule has 5 nitrogen and oxygen atoms in total. The fraction of sp³-hybridized carbons (Fsp3) is 0.538. The normalized spacial score (nSPS) is 17.2. The lowest BCUT2D eigenvalue weighted by molar-refractivity contribution is 0.365. The van der Waals surface area contributed by atoms with Gasteiger partial charge in [-0.2, -0.15) is 17.0 Å². The summed E-state index contributed by atoms with van der Waals surface area (Å²) in [4.78, 5) is 0. The maximum Gasteiger partial charge on any atom is 0.282 e. The molecular formula is C13H21N3O2S. The second kappa shape index (κ2) is 5.90. The number of benzene rings is 1. The third-order valence-electron chi connectivity index (χ3n) is 3.41. The van der Waals surface area contributed by atoms with E-state index in [0.29, 0.717) is 31.9 Å². The van der Waals surface area contributed by atoms with Crippen LogP contribution in [0.2, 0.25) is 0 Å². The quantitative estimate of drug-likeness (QED) is 0.831. The second-order valence-electron chi connectivity index (χ2n) is 4.78. The van der Waals surface area contributed by atoms with E-state index in [0.717, 1.165) is 18.4 Å². The molecule has 6 heteroatoms. The van der Waals surface area contributed by atoms with Crippen LogP contribution in [0.5, 0.6) is 0 Å². The molecule has 0 spiro atoms. The van der Waals surface area contributed by atoms with E-state index < -0.39 is 10.2 Å². The summed E-state index contributed by atoms with van der Waals surface area (Å²) in [5.74, 6) is 0. The van der Waals surface area contributed by atoms with Gasteiger partial charge in [0.15, 0.2) is 0 Å². The summed E-state index contributed by atoms with van der Waals surface area (Å²) in [6, 6.07) is 7.34. The number of nitrogens with two attached hydrogens (primary N) is 1. The molecule has 2 rings (SSSR count). The van der Waals surface area contributed by atoms with Crippen LogP contribution >= 0.6 is 0 Å². The monoisotopic (exact) mass is 283 g/mol. The van der Waals surface area contributed by atoms with Crippen molar-refractivity contribution in [3.63, 3.8) is 0 Å². The zero-order chi connectivity index (χ0) is 13.9. The van der Waals surface area contributed by atoms with Gasteiger partial charge in [0.1, 0.15) is 0 Å². The predicted octanol–water partition coefficient (Wildman–Crippen LogP) is 1.43. The standard InChI is InChI=1S/C13H21N3O2S/c1-2-15(11-12-5-7-13(14)8-6-12)19(17,18)16-9-3-4-10-16/h5-8H,2-4,9-11,14H2,1H3. The molecule has 1 aliphatic heterocycles. The Labute approximate surface area is 115 Å². The van der Waals surface area contributed by atoms with Crippen molar-refractivity contribution >= 4 is 15.9 Å². The van der Waals surface area contributed by atoms with Crippen LogP contribution in [0.25, 0.3) is 0 Å². The molecule has 2 N–H and O–H groups in total. The van der Waals surface area contributed by atoms with E-state index in [1.807, 2.05) is 19.1 Å². The van der Waals surface area contributed by atoms with Gasteiger partial charge in [-0.25, -0.2) is 0 Å². The summed E-state index contributed by atoms with van der Waals surface area (Å²) in [5, 5.41) is 0. The summed E-state index contributed by atoms with van der Waals surface area (Å²) >= 11 is 0. The van der Waals surface area contributed by atoms with E-state index in [2.05, 4.69) is 0 Å². The minimum absolute atomic E-state index is 0.398. The lowest BCUT2D eigenvalue weighted by atomic mass is 10.2. The molecule has 0 unspecified atom stereocenters. The average molecular weight is 283 g/mol. The summed E-state index contributed by atoms with van der Waals surface area (Å²) in [5.41, 5.74) is 7.28.